The van der Waals surface area contributed by atoms with E-state index < -0.39 is 13.0 Å². The van der Waals surface area contributed by atoms with Crippen LogP contribution in [0, 0.1) is 5.41 Å². The third kappa shape index (κ3) is 4.32. The van der Waals surface area contributed by atoms with Gasteiger partial charge in [-0.25, -0.2) is 8.78 Å². The molecule has 1 atom stereocenters. The zero-order valence-electron chi connectivity index (χ0n) is 13.7. The van der Waals surface area contributed by atoms with E-state index in [0.717, 1.165) is 37.9 Å². The summed E-state index contributed by atoms with van der Waals surface area (Å²) in [7, 11) is 0. The topological polar surface area (TPSA) is 41.6 Å². The lowest BCUT2D eigenvalue weighted by Crippen LogP contribution is -2.39. The maximum absolute atomic E-state index is 12.7. The first-order chi connectivity index (χ1) is 11.6. The summed E-state index contributed by atoms with van der Waals surface area (Å²) in [5, 5.41) is 7.45. The first-order valence-corrected chi connectivity index (χ1v) is 9.42. The number of ether oxygens (including phenoxy) is 1. The van der Waals surface area contributed by atoms with Crippen LogP contribution in [0.4, 0.5) is 8.78 Å². The molecule has 24 heavy (non-hydrogen) atoms. The molecule has 2 aliphatic rings. The molecule has 1 aliphatic carbocycles. The molecule has 3 rings (SSSR count). The summed E-state index contributed by atoms with van der Waals surface area (Å²) >= 11 is 1.62. The minimum absolute atomic E-state index is 0.0101. The van der Waals surface area contributed by atoms with Crippen LogP contribution in [-0.2, 0) is 16.1 Å². The fourth-order valence-electron chi connectivity index (χ4n) is 3.66. The Morgan fingerprint density at radius 1 is 1.46 bits per heavy atom. The molecule has 1 saturated carbocycles. The molecule has 1 aromatic heterocycles. The van der Waals surface area contributed by atoms with Gasteiger partial charge >= 0.3 is 0 Å². The number of carbonyl (C=O) groups is 1. The molecule has 1 spiro atoms. The highest BCUT2D eigenvalue weighted by molar-refractivity contribution is 7.07. The molecule has 1 aromatic rings. The maximum Gasteiger partial charge on any atom is 0.261 e. The van der Waals surface area contributed by atoms with Crippen LogP contribution in [-0.4, -0.2) is 49.6 Å². The van der Waals surface area contributed by atoms with Gasteiger partial charge in [0.2, 0.25) is 5.91 Å². The molecule has 0 radical (unpaired) electrons. The maximum atomic E-state index is 12.7. The number of halogens is 2. The third-order valence-electron chi connectivity index (χ3n) is 5.08. The van der Waals surface area contributed by atoms with Crippen LogP contribution in [0.2, 0.25) is 0 Å². The monoisotopic (exact) mass is 358 g/mol. The van der Waals surface area contributed by atoms with E-state index in [0.29, 0.717) is 6.54 Å². The first kappa shape index (κ1) is 17.8. The van der Waals surface area contributed by atoms with Crippen LogP contribution < -0.4 is 5.32 Å². The lowest BCUT2D eigenvalue weighted by molar-refractivity contribution is -0.134. The number of hydrogen-bond donors (Lipinski definition) is 1. The normalized spacial score (nSPS) is 22.0. The number of carbonyl (C=O) groups excluding carboxylic acids is 1. The van der Waals surface area contributed by atoms with E-state index in [1.54, 1.807) is 11.3 Å². The molecule has 1 amide bonds. The van der Waals surface area contributed by atoms with Gasteiger partial charge < -0.3 is 15.0 Å². The van der Waals surface area contributed by atoms with E-state index in [4.69, 9.17) is 4.74 Å². The minimum atomic E-state index is -2.48. The van der Waals surface area contributed by atoms with Crippen molar-refractivity contribution in [2.24, 2.45) is 5.41 Å². The molecule has 1 saturated heterocycles. The average molecular weight is 358 g/mol. The van der Waals surface area contributed by atoms with E-state index in [9.17, 15) is 13.6 Å². The fraction of sp³-hybridized carbons (Fsp3) is 0.706. The molecule has 0 aromatic carbocycles. The molecular weight excluding hydrogens is 334 g/mol. The SMILES string of the molecule is O=C(CCOCC(F)F)N(Cc1ccsc1)C1CC12CCNCC2. The average Bonchev–Trinajstić information content (AvgIpc) is 3.00. The van der Waals surface area contributed by atoms with Crippen molar-refractivity contribution >= 4 is 17.2 Å². The van der Waals surface area contributed by atoms with Gasteiger partial charge in [0.05, 0.1) is 13.0 Å². The van der Waals surface area contributed by atoms with Gasteiger partial charge in [-0.05, 0) is 60.2 Å². The number of piperidine rings is 1. The Balaban J connectivity index is 1.59. The van der Waals surface area contributed by atoms with Crippen molar-refractivity contribution in [3.05, 3.63) is 22.4 Å². The van der Waals surface area contributed by atoms with Crippen molar-refractivity contribution in [2.75, 3.05) is 26.3 Å². The Morgan fingerprint density at radius 2 is 2.25 bits per heavy atom. The number of amides is 1. The second-order valence-corrected chi connectivity index (χ2v) is 7.48. The molecule has 1 N–H and O–H groups in total. The molecule has 2 fully saturated rings. The van der Waals surface area contributed by atoms with Gasteiger partial charge in [0.25, 0.3) is 6.43 Å². The lowest BCUT2D eigenvalue weighted by Gasteiger charge is -2.29. The molecule has 134 valence electrons. The van der Waals surface area contributed by atoms with Gasteiger partial charge in [0, 0.05) is 12.6 Å². The molecule has 1 aliphatic heterocycles. The molecule has 0 bridgehead atoms. The number of alkyl halides is 2. The van der Waals surface area contributed by atoms with Gasteiger partial charge in [-0.15, -0.1) is 0 Å². The van der Waals surface area contributed by atoms with Crippen molar-refractivity contribution in [3.8, 4) is 0 Å². The number of thiophene rings is 1. The van der Waals surface area contributed by atoms with Crippen LogP contribution >= 0.6 is 11.3 Å². The van der Waals surface area contributed by atoms with Crippen LogP contribution in [0.5, 0.6) is 0 Å². The van der Waals surface area contributed by atoms with Gasteiger partial charge in [-0.3, -0.25) is 4.79 Å². The number of nitrogens with zero attached hydrogens (tertiary/aromatic N) is 1. The van der Waals surface area contributed by atoms with Crippen molar-refractivity contribution in [1.82, 2.24) is 10.2 Å². The van der Waals surface area contributed by atoms with Gasteiger partial charge in [0.1, 0.15) is 6.61 Å². The molecule has 7 heteroatoms. The molecule has 2 heterocycles. The van der Waals surface area contributed by atoms with Gasteiger partial charge in [0.15, 0.2) is 0 Å². The first-order valence-electron chi connectivity index (χ1n) is 8.48. The fourth-order valence-corrected chi connectivity index (χ4v) is 4.32. The van der Waals surface area contributed by atoms with E-state index >= 15 is 0 Å². The predicted molar refractivity (Wildman–Crippen MR) is 89.3 cm³/mol. The summed E-state index contributed by atoms with van der Waals surface area (Å²) in [4.78, 5) is 14.6. The standard InChI is InChI=1S/C17H24F2N2O2S/c18-15(19)11-23-7-1-16(22)21(10-13-2-8-24-12-13)14-9-17(14)3-5-20-6-4-17/h2,8,12,14-15,20H,1,3-7,9-11H2. The highest BCUT2D eigenvalue weighted by atomic mass is 32.1. The summed E-state index contributed by atoms with van der Waals surface area (Å²) in [5.41, 5.74) is 1.40. The zero-order chi connectivity index (χ0) is 17.0. The number of rotatable bonds is 8. The van der Waals surface area contributed by atoms with Crippen molar-refractivity contribution in [1.29, 1.82) is 0 Å². The highest BCUT2D eigenvalue weighted by Crippen LogP contribution is 2.56. The third-order valence-corrected chi connectivity index (χ3v) is 5.81. The predicted octanol–water partition coefficient (Wildman–Crippen LogP) is 2.89. The smallest absolute Gasteiger partial charge is 0.261 e. The van der Waals surface area contributed by atoms with E-state index in [-0.39, 0.29) is 30.4 Å². The Morgan fingerprint density at radius 3 is 2.92 bits per heavy atom. The number of nitrogens with one attached hydrogen (secondary N) is 1. The second kappa shape index (κ2) is 7.89. The van der Waals surface area contributed by atoms with Crippen LogP contribution in [0.15, 0.2) is 16.8 Å². The van der Waals surface area contributed by atoms with Gasteiger partial charge in [-0.2, -0.15) is 11.3 Å². The summed E-state index contributed by atoms with van der Waals surface area (Å²) in [6.45, 7) is 2.08. The Bertz CT molecular complexity index is 533. The summed E-state index contributed by atoms with van der Waals surface area (Å²) < 4.78 is 29.1. The van der Waals surface area contributed by atoms with Gasteiger partial charge in [-0.1, -0.05) is 0 Å². The summed E-state index contributed by atoms with van der Waals surface area (Å²) in [5.74, 6) is 0.0101. The van der Waals surface area contributed by atoms with Crippen molar-refractivity contribution in [2.45, 2.75) is 44.7 Å². The molecule has 1 unspecified atom stereocenters. The Labute approximate surface area is 145 Å². The zero-order valence-corrected chi connectivity index (χ0v) is 14.5. The quantitative estimate of drug-likeness (QED) is 0.727. The summed E-state index contributed by atoms with van der Waals surface area (Å²) in [6.07, 6.45) is 0.952. The molecular formula is C17H24F2N2O2S. The largest absolute Gasteiger partial charge is 0.375 e. The van der Waals surface area contributed by atoms with Crippen molar-refractivity contribution < 1.29 is 18.3 Å². The molecule has 4 nitrogen and oxygen atoms in total. The number of hydrogen-bond acceptors (Lipinski definition) is 4. The van der Waals surface area contributed by atoms with Crippen LogP contribution in [0.1, 0.15) is 31.2 Å². The Hall–Kier alpha value is -1.05. The van der Waals surface area contributed by atoms with E-state index in [1.807, 2.05) is 16.3 Å². The van der Waals surface area contributed by atoms with Crippen LogP contribution in [0.25, 0.3) is 0 Å². The van der Waals surface area contributed by atoms with E-state index in [2.05, 4.69) is 10.7 Å². The minimum Gasteiger partial charge on any atom is -0.375 e. The highest BCUT2D eigenvalue weighted by Gasteiger charge is 2.57. The lowest BCUT2D eigenvalue weighted by atomic mass is 9.93. The second-order valence-electron chi connectivity index (χ2n) is 6.70. The van der Waals surface area contributed by atoms with Crippen molar-refractivity contribution in [3.63, 3.8) is 0 Å². The van der Waals surface area contributed by atoms with E-state index in [1.165, 1.54) is 0 Å². The van der Waals surface area contributed by atoms with Crippen LogP contribution in [0.3, 0.4) is 0 Å². The summed E-state index contributed by atoms with van der Waals surface area (Å²) in [6, 6.07) is 2.32. The Kier molecular flexibility index (Phi) is 5.84.